The van der Waals surface area contributed by atoms with Gasteiger partial charge in [0.05, 0.1) is 11.9 Å². The molecule has 0 aliphatic carbocycles. The largest absolute Gasteiger partial charge is 0.450 e. The number of fused-ring (bicyclic) bond motifs is 2. The number of anilines is 2. The van der Waals surface area contributed by atoms with Crippen molar-refractivity contribution >= 4 is 23.3 Å². The van der Waals surface area contributed by atoms with Gasteiger partial charge in [-0.25, -0.2) is 4.79 Å². The van der Waals surface area contributed by atoms with Crippen LogP contribution in [0.15, 0.2) is 34.1 Å². The summed E-state index contributed by atoms with van der Waals surface area (Å²) in [7, 11) is 0. The number of ether oxygens (including phenoxy) is 1. The van der Waals surface area contributed by atoms with Crippen LogP contribution in [-0.2, 0) is 5.54 Å². The second kappa shape index (κ2) is 5.55. The first-order valence-corrected chi connectivity index (χ1v) is 8.77. The summed E-state index contributed by atoms with van der Waals surface area (Å²) in [4.78, 5) is 17.5. The van der Waals surface area contributed by atoms with E-state index in [9.17, 15) is 4.79 Å². The van der Waals surface area contributed by atoms with Gasteiger partial charge in [0.2, 0.25) is 0 Å². The highest BCUT2D eigenvalue weighted by molar-refractivity contribution is 8.00. The fourth-order valence-corrected chi connectivity index (χ4v) is 3.46. The van der Waals surface area contributed by atoms with Crippen molar-refractivity contribution in [2.24, 2.45) is 0 Å². The van der Waals surface area contributed by atoms with Crippen molar-refractivity contribution in [1.82, 2.24) is 9.55 Å². The van der Waals surface area contributed by atoms with Gasteiger partial charge in [-0.15, -0.1) is 11.8 Å². The first kappa shape index (κ1) is 16.9. The van der Waals surface area contributed by atoms with Gasteiger partial charge in [0.25, 0.3) is 0 Å². The molecule has 0 amide bonds. The highest BCUT2D eigenvalue weighted by Gasteiger charge is 2.24. The lowest BCUT2D eigenvalue weighted by atomic mass is 10.1. The maximum Gasteiger partial charge on any atom is 0.350 e. The average molecular weight is 345 g/mol. The Morgan fingerprint density at radius 1 is 1.12 bits per heavy atom. The van der Waals surface area contributed by atoms with Crippen molar-refractivity contribution in [2.75, 3.05) is 5.32 Å². The average Bonchev–Trinajstić information content (AvgIpc) is 2.41. The molecule has 2 aromatic rings. The predicted octanol–water partition coefficient (Wildman–Crippen LogP) is 4.74. The highest BCUT2D eigenvalue weighted by Crippen LogP contribution is 2.43. The molecule has 128 valence electrons. The van der Waals surface area contributed by atoms with Gasteiger partial charge in [0.15, 0.2) is 17.3 Å². The minimum absolute atomic E-state index is 0.125. The van der Waals surface area contributed by atoms with Crippen molar-refractivity contribution in [3.63, 3.8) is 0 Å². The van der Waals surface area contributed by atoms with Gasteiger partial charge in [-0.3, -0.25) is 4.57 Å². The zero-order valence-electron chi connectivity index (χ0n) is 14.9. The number of benzene rings is 1. The second-order valence-corrected chi connectivity index (χ2v) is 9.78. The molecule has 2 heterocycles. The van der Waals surface area contributed by atoms with E-state index in [4.69, 9.17) is 4.74 Å². The van der Waals surface area contributed by atoms with Crippen LogP contribution in [0.3, 0.4) is 0 Å². The summed E-state index contributed by atoms with van der Waals surface area (Å²) >= 11 is 1.78. The maximum absolute atomic E-state index is 12.3. The van der Waals surface area contributed by atoms with Crippen LogP contribution in [0.2, 0.25) is 0 Å². The van der Waals surface area contributed by atoms with Crippen molar-refractivity contribution in [2.45, 2.75) is 56.7 Å². The molecular weight excluding hydrogens is 322 g/mol. The Balaban J connectivity index is 1.97. The fraction of sp³-hybridized carbons (Fsp3) is 0.444. The zero-order chi connectivity index (χ0) is 17.7. The molecule has 1 aromatic heterocycles. The van der Waals surface area contributed by atoms with Crippen LogP contribution >= 0.6 is 11.8 Å². The first-order chi connectivity index (χ1) is 11.0. The molecule has 0 saturated carbocycles. The smallest absolute Gasteiger partial charge is 0.350 e. The number of rotatable bonds is 1. The van der Waals surface area contributed by atoms with Crippen molar-refractivity contribution in [3.05, 3.63) is 34.9 Å². The van der Waals surface area contributed by atoms with E-state index in [0.29, 0.717) is 11.6 Å². The Hall–Kier alpha value is -1.95. The molecule has 24 heavy (non-hydrogen) atoms. The standard InChI is InChI=1S/C18H23N3O2S/c1-17(2,3)21-10-14-15(20-16(21)22)19-12-9-11(24-18(4,5)6)7-8-13(12)23-14/h7-10H,1-6H3,(H,19,20,22). The lowest BCUT2D eigenvalue weighted by Crippen LogP contribution is -2.35. The molecule has 0 fully saturated rings. The SMILES string of the molecule is CC(C)(C)Sc1ccc2c(c1)Nc1nc(=O)n(C(C)(C)C)cc1O2. The van der Waals surface area contributed by atoms with E-state index in [-0.39, 0.29) is 16.0 Å². The van der Waals surface area contributed by atoms with Crippen molar-refractivity contribution in [1.29, 1.82) is 0 Å². The molecule has 0 bridgehead atoms. The number of hydrogen-bond acceptors (Lipinski definition) is 5. The third-order valence-electron chi connectivity index (χ3n) is 3.46. The van der Waals surface area contributed by atoms with Crippen LogP contribution in [0.25, 0.3) is 0 Å². The summed E-state index contributed by atoms with van der Waals surface area (Å²) < 4.78 is 7.67. The van der Waals surface area contributed by atoms with Gasteiger partial charge >= 0.3 is 5.69 Å². The molecule has 1 N–H and O–H groups in total. The number of thioether (sulfide) groups is 1. The summed E-state index contributed by atoms with van der Waals surface area (Å²) in [6, 6.07) is 6.03. The molecule has 1 aliphatic rings. The Bertz CT molecular complexity index is 845. The zero-order valence-corrected chi connectivity index (χ0v) is 15.7. The quantitative estimate of drug-likeness (QED) is 0.646. The van der Waals surface area contributed by atoms with Crippen molar-refractivity contribution < 1.29 is 4.74 Å². The number of nitrogens with zero attached hydrogens (tertiary/aromatic N) is 2. The van der Waals surface area contributed by atoms with E-state index in [0.717, 1.165) is 16.3 Å². The Labute approximate surface area is 146 Å². The summed E-state index contributed by atoms with van der Waals surface area (Å²) in [5.41, 5.74) is 0.189. The topological polar surface area (TPSA) is 56.2 Å². The molecular formula is C18H23N3O2S. The molecule has 0 atom stereocenters. The van der Waals surface area contributed by atoms with Gasteiger partial charge < -0.3 is 10.1 Å². The van der Waals surface area contributed by atoms with Gasteiger partial charge in [0.1, 0.15) is 0 Å². The van der Waals surface area contributed by atoms with E-state index < -0.39 is 0 Å². The molecule has 0 radical (unpaired) electrons. The van der Waals surface area contributed by atoms with Crippen LogP contribution in [-0.4, -0.2) is 14.3 Å². The van der Waals surface area contributed by atoms with Gasteiger partial charge in [-0.1, -0.05) is 20.8 Å². The summed E-state index contributed by atoms with van der Waals surface area (Å²) in [6.45, 7) is 12.4. The van der Waals surface area contributed by atoms with Crippen LogP contribution in [0.4, 0.5) is 11.5 Å². The third kappa shape index (κ3) is 3.43. The molecule has 5 nitrogen and oxygen atoms in total. The first-order valence-electron chi connectivity index (χ1n) is 7.95. The monoisotopic (exact) mass is 345 g/mol. The summed E-state index contributed by atoms with van der Waals surface area (Å²) in [5, 5.41) is 3.22. The van der Waals surface area contributed by atoms with E-state index in [2.05, 4.69) is 37.1 Å². The second-order valence-electron chi connectivity index (χ2n) is 7.88. The third-order valence-corrected chi connectivity index (χ3v) is 4.57. The fourth-order valence-electron chi connectivity index (χ4n) is 2.44. The van der Waals surface area contributed by atoms with Crippen molar-refractivity contribution in [3.8, 4) is 11.5 Å². The van der Waals surface area contributed by atoms with Crippen LogP contribution in [0, 0.1) is 0 Å². The molecule has 0 unspecified atom stereocenters. The molecule has 3 rings (SSSR count). The van der Waals surface area contributed by atoms with Crippen LogP contribution in [0.1, 0.15) is 41.5 Å². The van der Waals surface area contributed by atoms with Crippen LogP contribution < -0.4 is 15.7 Å². The molecule has 0 spiro atoms. The van der Waals surface area contributed by atoms with Gasteiger partial charge in [-0.2, -0.15) is 4.98 Å². The highest BCUT2D eigenvalue weighted by atomic mass is 32.2. The maximum atomic E-state index is 12.3. The molecule has 0 saturated heterocycles. The number of hydrogen-bond donors (Lipinski definition) is 1. The lowest BCUT2D eigenvalue weighted by Gasteiger charge is -2.26. The summed E-state index contributed by atoms with van der Waals surface area (Å²) in [5.74, 6) is 1.76. The minimum atomic E-state index is -0.351. The van der Waals surface area contributed by atoms with E-state index in [1.165, 1.54) is 0 Å². The minimum Gasteiger partial charge on any atom is -0.450 e. The number of nitrogens with one attached hydrogen (secondary N) is 1. The molecule has 6 heteroatoms. The normalized spacial score (nSPS) is 13.6. The Morgan fingerprint density at radius 3 is 2.46 bits per heavy atom. The van der Waals surface area contributed by atoms with Gasteiger partial charge in [-0.05, 0) is 39.0 Å². The molecule has 1 aromatic carbocycles. The van der Waals surface area contributed by atoms with E-state index in [1.807, 2.05) is 32.9 Å². The Morgan fingerprint density at radius 2 is 1.83 bits per heavy atom. The Kier molecular flexibility index (Phi) is 3.91. The van der Waals surface area contributed by atoms with Crippen LogP contribution in [0.5, 0.6) is 11.5 Å². The summed E-state index contributed by atoms with van der Waals surface area (Å²) in [6.07, 6.45) is 1.72. The molecule has 1 aliphatic heterocycles. The number of aromatic nitrogens is 2. The lowest BCUT2D eigenvalue weighted by molar-refractivity contribution is 0.365. The van der Waals surface area contributed by atoms with E-state index in [1.54, 1.807) is 22.5 Å². The van der Waals surface area contributed by atoms with Gasteiger partial charge in [0, 0.05) is 15.2 Å². The van der Waals surface area contributed by atoms with E-state index >= 15 is 0 Å². The predicted molar refractivity (Wildman–Crippen MR) is 98.9 cm³/mol.